The molecule has 0 radical (unpaired) electrons. The molecule has 55 heavy (non-hydrogen) atoms. The van der Waals surface area contributed by atoms with Crippen LogP contribution in [-0.4, -0.2) is 46.1 Å². The third-order valence-electron chi connectivity index (χ3n) is 11.9. The Bertz CT molecular complexity index is 773. The van der Waals surface area contributed by atoms with Crippen molar-refractivity contribution in [1.29, 1.82) is 0 Å². The van der Waals surface area contributed by atoms with Crippen molar-refractivity contribution in [2.24, 2.45) is 0 Å². The van der Waals surface area contributed by atoms with E-state index in [1.165, 1.54) is 212 Å². The summed E-state index contributed by atoms with van der Waals surface area (Å²) in [6, 6.07) is -0.819. The minimum absolute atomic E-state index is 0.152. The second-order valence-corrected chi connectivity index (χ2v) is 17.4. The maximum absolute atomic E-state index is 12.4. The van der Waals surface area contributed by atoms with Crippen molar-refractivity contribution in [2.75, 3.05) is 6.61 Å². The van der Waals surface area contributed by atoms with Gasteiger partial charge in [-0.3, -0.25) is 4.79 Å². The molecule has 0 rings (SSSR count). The molecule has 0 aliphatic rings. The Morgan fingerprint density at radius 1 is 0.436 bits per heavy atom. The fraction of sp³-hybridized carbons (Fsp3) is 0.940. The Balaban J connectivity index is 3.39. The van der Waals surface area contributed by atoms with E-state index in [4.69, 9.17) is 0 Å². The third-order valence-corrected chi connectivity index (χ3v) is 11.9. The predicted octanol–water partition coefficient (Wildman–Crippen LogP) is 14.8. The number of aliphatic hydroxyl groups excluding tert-OH is 3. The molecule has 3 unspecified atom stereocenters. The van der Waals surface area contributed by atoms with Crippen molar-refractivity contribution in [3.8, 4) is 0 Å². The first-order valence-electron chi connectivity index (χ1n) is 25.0. The molecule has 5 heteroatoms. The van der Waals surface area contributed by atoms with Gasteiger partial charge < -0.3 is 20.6 Å². The lowest BCUT2D eigenvalue weighted by Gasteiger charge is -2.26. The highest BCUT2D eigenvalue weighted by atomic mass is 16.3. The van der Waals surface area contributed by atoms with Crippen LogP contribution in [0.4, 0.5) is 0 Å². The Hall–Kier alpha value is -0.910. The molecule has 3 atom stereocenters. The summed E-state index contributed by atoms with van der Waals surface area (Å²) in [5, 5.41) is 33.3. The lowest BCUT2D eigenvalue weighted by atomic mass is 10.0. The molecular formula is C50H99NO4. The summed E-state index contributed by atoms with van der Waals surface area (Å²) in [7, 11) is 0. The topological polar surface area (TPSA) is 89.8 Å². The monoisotopic (exact) mass is 778 g/mol. The number of hydrogen-bond acceptors (Lipinski definition) is 4. The number of hydrogen-bond donors (Lipinski definition) is 4. The van der Waals surface area contributed by atoms with E-state index >= 15 is 0 Å². The summed E-state index contributed by atoms with van der Waals surface area (Å²) in [4.78, 5) is 12.4. The molecule has 0 fully saturated rings. The van der Waals surface area contributed by atoms with Crippen LogP contribution < -0.4 is 5.32 Å². The molecule has 0 aromatic heterocycles. The van der Waals surface area contributed by atoms with Crippen molar-refractivity contribution in [3.05, 3.63) is 12.2 Å². The molecule has 4 N–H and O–H groups in total. The SMILES string of the molecule is CCCCC/C=C/CCCC(O)C(O)C(CO)NC(=O)CCCCCCCCCCCCCCCCCCCCCCCCCCCCCCCCCCC. The highest BCUT2D eigenvalue weighted by Gasteiger charge is 2.26. The molecule has 1 amide bonds. The smallest absolute Gasteiger partial charge is 0.220 e. The van der Waals surface area contributed by atoms with Gasteiger partial charge in [0, 0.05) is 6.42 Å². The van der Waals surface area contributed by atoms with Gasteiger partial charge in [0.05, 0.1) is 18.8 Å². The largest absolute Gasteiger partial charge is 0.394 e. The van der Waals surface area contributed by atoms with Crippen molar-refractivity contribution < 1.29 is 20.1 Å². The average molecular weight is 778 g/mol. The molecule has 0 spiro atoms. The quantitative estimate of drug-likeness (QED) is 0.0366. The lowest BCUT2D eigenvalue weighted by molar-refractivity contribution is -0.124. The molecule has 328 valence electrons. The van der Waals surface area contributed by atoms with Gasteiger partial charge in [-0.2, -0.15) is 0 Å². The number of rotatable bonds is 46. The van der Waals surface area contributed by atoms with E-state index in [0.717, 1.165) is 38.5 Å². The zero-order chi connectivity index (χ0) is 40.1. The van der Waals surface area contributed by atoms with Gasteiger partial charge in [-0.15, -0.1) is 0 Å². The number of carbonyl (C=O) groups excluding carboxylic acids is 1. The molecule has 5 nitrogen and oxygen atoms in total. The second-order valence-electron chi connectivity index (χ2n) is 17.4. The normalized spacial score (nSPS) is 13.5. The highest BCUT2D eigenvalue weighted by Crippen LogP contribution is 2.17. The minimum atomic E-state index is -1.15. The second kappa shape index (κ2) is 45.8. The van der Waals surface area contributed by atoms with E-state index < -0.39 is 18.2 Å². The summed E-state index contributed by atoms with van der Waals surface area (Å²) in [5.74, 6) is -0.152. The van der Waals surface area contributed by atoms with Crippen LogP contribution in [0.1, 0.15) is 277 Å². The first kappa shape index (κ1) is 54.1. The van der Waals surface area contributed by atoms with Gasteiger partial charge in [-0.25, -0.2) is 0 Å². The Labute approximate surface area is 344 Å². The number of carbonyl (C=O) groups is 1. The van der Waals surface area contributed by atoms with Crippen LogP contribution >= 0.6 is 0 Å². The van der Waals surface area contributed by atoms with Crippen molar-refractivity contribution in [2.45, 2.75) is 295 Å². The number of allylic oxidation sites excluding steroid dienone is 2. The maximum Gasteiger partial charge on any atom is 0.220 e. The van der Waals surface area contributed by atoms with Crippen molar-refractivity contribution in [1.82, 2.24) is 5.32 Å². The van der Waals surface area contributed by atoms with E-state index in [2.05, 4.69) is 31.3 Å². The summed E-state index contributed by atoms with van der Waals surface area (Å²) in [5.41, 5.74) is 0. The molecule has 0 saturated heterocycles. The van der Waals surface area contributed by atoms with Crippen LogP contribution in [0.2, 0.25) is 0 Å². The van der Waals surface area contributed by atoms with Gasteiger partial charge >= 0.3 is 0 Å². The standard InChI is InChI=1S/C50H99NO4/c1-3-5-7-9-11-13-14-15-16-17-18-19-20-21-22-23-24-25-26-27-28-29-30-31-32-33-34-35-36-37-39-41-43-45-49(54)51-47(46-52)50(55)48(53)44-42-40-38-12-10-8-6-4-2/h12,38,47-48,50,52-53,55H,3-11,13-37,39-46H2,1-2H3,(H,51,54)/b38-12+. The molecule has 0 aliphatic carbocycles. The molecule has 0 aliphatic heterocycles. The number of unbranched alkanes of at least 4 members (excludes halogenated alkanes) is 36. The van der Waals surface area contributed by atoms with Crippen LogP contribution in [0.25, 0.3) is 0 Å². The van der Waals surface area contributed by atoms with Crippen LogP contribution in [0.15, 0.2) is 12.2 Å². The van der Waals surface area contributed by atoms with Crippen LogP contribution in [0.5, 0.6) is 0 Å². The Morgan fingerprint density at radius 2 is 0.727 bits per heavy atom. The predicted molar refractivity (Wildman–Crippen MR) is 241 cm³/mol. The number of nitrogens with one attached hydrogen (secondary N) is 1. The van der Waals surface area contributed by atoms with Gasteiger partial charge in [0.15, 0.2) is 0 Å². The summed E-state index contributed by atoms with van der Waals surface area (Å²) >= 11 is 0. The summed E-state index contributed by atoms with van der Waals surface area (Å²) < 4.78 is 0. The van der Waals surface area contributed by atoms with Gasteiger partial charge in [-0.1, -0.05) is 244 Å². The number of aliphatic hydroxyl groups is 3. The van der Waals surface area contributed by atoms with E-state index in [9.17, 15) is 20.1 Å². The third kappa shape index (κ3) is 41.1. The molecule has 0 bridgehead atoms. The zero-order valence-electron chi connectivity index (χ0n) is 37.3. The first-order chi connectivity index (χ1) is 27.1. The van der Waals surface area contributed by atoms with E-state index in [1.807, 2.05) is 0 Å². The van der Waals surface area contributed by atoms with E-state index in [1.54, 1.807) is 0 Å². The first-order valence-corrected chi connectivity index (χ1v) is 25.0. The summed E-state index contributed by atoms with van der Waals surface area (Å²) in [6.07, 6.45) is 55.3. The molecule has 0 saturated carbocycles. The van der Waals surface area contributed by atoms with Crippen LogP contribution in [0.3, 0.4) is 0 Å². The van der Waals surface area contributed by atoms with E-state index in [-0.39, 0.29) is 12.5 Å². The fourth-order valence-electron chi connectivity index (χ4n) is 7.99. The fourth-order valence-corrected chi connectivity index (χ4v) is 7.99. The minimum Gasteiger partial charge on any atom is -0.394 e. The average Bonchev–Trinajstić information content (AvgIpc) is 3.19. The molecule has 0 aromatic rings. The van der Waals surface area contributed by atoms with Gasteiger partial charge in [0.2, 0.25) is 5.91 Å². The highest BCUT2D eigenvalue weighted by molar-refractivity contribution is 5.76. The van der Waals surface area contributed by atoms with Gasteiger partial charge in [-0.05, 0) is 38.5 Å². The maximum atomic E-state index is 12.4. The van der Waals surface area contributed by atoms with Crippen molar-refractivity contribution >= 4 is 5.91 Å². The molecule has 0 heterocycles. The van der Waals surface area contributed by atoms with E-state index in [0.29, 0.717) is 12.8 Å². The Morgan fingerprint density at radius 3 is 1.05 bits per heavy atom. The number of amides is 1. The zero-order valence-corrected chi connectivity index (χ0v) is 37.3. The van der Waals surface area contributed by atoms with Crippen LogP contribution in [0, 0.1) is 0 Å². The van der Waals surface area contributed by atoms with Gasteiger partial charge in [0.1, 0.15) is 6.10 Å². The van der Waals surface area contributed by atoms with Crippen molar-refractivity contribution in [3.63, 3.8) is 0 Å². The Kier molecular flexibility index (Phi) is 45.0. The lowest BCUT2D eigenvalue weighted by Crippen LogP contribution is -2.50. The van der Waals surface area contributed by atoms with Gasteiger partial charge in [0.25, 0.3) is 0 Å². The van der Waals surface area contributed by atoms with Crippen LogP contribution in [-0.2, 0) is 4.79 Å². The molecular weight excluding hydrogens is 679 g/mol. The molecule has 0 aromatic carbocycles. The summed E-state index contributed by atoms with van der Waals surface area (Å²) in [6.45, 7) is 4.13.